The molecule has 1 saturated heterocycles. The Morgan fingerprint density at radius 1 is 1.15 bits per heavy atom. The fraction of sp³-hybridized carbons (Fsp3) is 0.471. The number of aromatic nitrogens is 6. The molecule has 0 saturated carbocycles. The van der Waals surface area contributed by atoms with Gasteiger partial charge in [0, 0.05) is 19.2 Å². The summed E-state index contributed by atoms with van der Waals surface area (Å²) in [6, 6.07) is 3.67. The summed E-state index contributed by atoms with van der Waals surface area (Å²) >= 11 is 0. The van der Waals surface area contributed by atoms with E-state index in [0.717, 1.165) is 37.3 Å². The third-order valence-corrected chi connectivity index (χ3v) is 4.62. The molecule has 1 aliphatic heterocycles. The topological polar surface area (TPSA) is 91.1 Å². The van der Waals surface area contributed by atoms with Crippen molar-refractivity contribution in [3.05, 3.63) is 24.2 Å². The van der Waals surface area contributed by atoms with Gasteiger partial charge in [-0.2, -0.15) is 9.67 Å². The summed E-state index contributed by atoms with van der Waals surface area (Å²) in [5.74, 6) is 1.03. The van der Waals surface area contributed by atoms with Crippen LogP contribution < -0.4 is 9.47 Å². The Morgan fingerprint density at radius 2 is 1.96 bits per heavy atom. The molecule has 3 aromatic rings. The monoisotopic (exact) mass is 355 g/mol. The summed E-state index contributed by atoms with van der Waals surface area (Å²) < 4.78 is 12.9. The zero-order valence-electron chi connectivity index (χ0n) is 15.1. The van der Waals surface area contributed by atoms with Gasteiger partial charge in [0.25, 0.3) is 0 Å². The van der Waals surface area contributed by atoms with Crippen molar-refractivity contribution in [3.63, 3.8) is 0 Å². The van der Waals surface area contributed by atoms with Gasteiger partial charge in [-0.05, 0) is 32.9 Å². The van der Waals surface area contributed by atoms with Crippen molar-refractivity contribution in [3.8, 4) is 17.4 Å². The third-order valence-electron chi connectivity index (χ3n) is 4.62. The Labute approximate surface area is 151 Å². The van der Waals surface area contributed by atoms with E-state index in [4.69, 9.17) is 9.47 Å². The van der Waals surface area contributed by atoms with Gasteiger partial charge in [0.2, 0.25) is 11.8 Å². The lowest BCUT2D eigenvalue weighted by atomic mass is 10.1. The molecule has 0 aliphatic carbocycles. The van der Waals surface area contributed by atoms with Gasteiger partial charge in [0.05, 0.1) is 18.5 Å². The maximum absolute atomic E-state index is 6.10. The Hall–Kier alpha value is -2.81. The normalized spacial score (nSPS) is 16.1. The summed E-state index contributed by atoms with van der Waals surface area (Å²) in [7, 11) is 3.71. The Bertz CT molecular complexity index is 919. The second-order valence-electron chi connectivity index (χ2n) is 6.43. The van der Waals surface area contributed by atoms with Crippen LogP contribution in [0.5, 0.6) is 11.8 Å². The van der Waals surface area contributed by atoms with E-state index >= 15 is 0 Å². The number of rotatable bonds is 4. The molecule has 0 aromatic carbocycles. The van der Waals surface area contributed by atoms with Crippen molar-refractivity contribution >= 4 is 11.2 Å². The highest BCUT2D eigenvalue weighted by molar-refractivity contribution is 5.76. The maximum atomic E-state index is 6.10. The fourth-order valence-electron chi connectivity index (χ4n) is 3.11. The number of hydrogen-bond donors (Lipinski definition) is 0. The molecule has 4 rings (SSSR count). The first-order valence-corrected chi connectivity index (χ1v) is 8.59. The number of fused-ring (bicyclic) bond motifs is 1. The van der Waals surface area contributed by atoms with E-state index < -0.39 is 0 Å². The zero-order chi connectivity index (χ0) is 18.1. The number of piperidine rings is 1. The standard InChI is InChI=1S/C17H21N7O2/c1-11-13(4-5-14(20-11)25-3)24-16-15(21-22-24)17(19-10-18-16)26-12-6-8-23(2)9-7-12/h4-5,10,12H,6-9H2,1-3H3. The number of nitrogens with zero attached hydrogens (tertiary/aromatic N) is 7. The molecule has 1 aliphatic rings. The smallest absolute Gasteiger partial charge is 0.247 e. The minimum atomic E-state index is 0.138. The molecular weight excluding hydrogens is 334 g/mol. The highest BCUT2D eigenvalue weighted by Gasteiger charge is 2.22. The van der Waals surface area contributed by atoms with Gasteiger partial charge in [-0.3, -0.25) is 0 Å². The molecule has 1 fully saturated rings. The van der Waals surface area contributed by atoms with E-state index in [1.807, 2.05) is 13.0 Å². The van der Waals surface area contributed by atoms with Crippen LogP contribution in [0, 0.1) is 6.92 Å². The lowest BCUT2D eigenvalue weighted by Gasteiger charge is -2.28. The molecule has 0 bridgehead atoms. The van der Waals surface area contributed by atoms with Crippen molar-refractivity contribution < 1.29 is 9.47 Å². The first-order valence-electron chi connectivity index (χ1n) is 8.59. The summed E-state index contributed by atoms with van der Waals surface area (Å²) in [6.07, 6.45) is 3.56. The fourth-order valence-corrected chi connectivity index (χ4v) is 3.11. The van der Waals surface area contributed by atoms with Crippen LogP contribution in [0.25, 0.3) is 16.9 Å². The average molecular weight is 355 g/mol. The number of pyridine rings is 1. The van der Waals surface area contributed by atoms with Gasteiger partial charge in [-0.25, -0.2) is 9.97 Å². The molecule has 136 valence electrons. The van der Waals surface area contributed by atoms with Crippen LogP contribution in [0.3, 0.4) is 0 Å². The van der Waals surface area contributed by atoms with E-state index in [1.54, 1.807) is 17.9 Å². The molecule has 0 atom stereocenters. The van der Waals surface area contributed by atoms with E-state index in [2.05, 4.69) is 37.2 Å². The van der Waals surface area contributed by atoms with Gasteiger partial charge in [-0.15, -0.1) is 5.10 Å². The number of methoxy groups -OCH3 is 1. The Morgan fingerprint density at radius 3 is 2.69 bits per heavy atom. The molecule has 0 spiro atoms. The molecule has 3 aromatic heterocycles. The number of likely N-dealkylation sites (tertiary alicyclic amines) is 1. The summed E-state index contributed by atoms with van der Waals surface area (Å²) in [5, 5.41) is 8.50. The molecule has 9 nitrogen and oxygen atoms in total. The molecule has 0 N–H and O–H groups in total. The molecule has 9 heteroatoms. The van der Waals surface area contributed by atoms with Gasteiger partial charge in [0.1, 0.15) is 12.4 Å². The van der Waals surface area contributed by atoms with Crippen LogP contribution in [0.15, 0.2) is 18.5 Å². The second-order valence-corrected chi connectivity index (χ2v) is 6.43. The predicted octanol–water partition coefficient (Wildman–Crippen LogP) is 1.40. The largest absolute Gasteiger partial charge is 0.481 e. The zero-order valence-corrected chi connectivity index (χ0v) is 15.1. The molecule has 26 heavy (non-hydrogen) atoms. The summed E-state index contributed by atoms with van der Waals surface area (Å²) in [5.41, 5.74) is 2.71. The van der Waals surface area contributed by atoms with Crippen LogP contribution in [0.4, 0.5) is 0 Å². The van der Waals surface area contributed by atoms with Crippen molar-refractivity contribution in [2.45, 2.75) is 25.9 Å². The van der Waals surface area contributed by atoms with E-state index in [-0.39, 0.29) is 6.10 Å². The van der Waals surface area contributed by atoms with Gasteiger partial charge in [0.15, 0.2) is 11.2 Å². The van der Waals surface area contributed by atoms with Crippen molar-refractivity contribution in [1.29, 1.82) is 0 Å². The molecule has 0 amide bonds. The number of aryl methyl sites for hydroxylation is 1. The number of ether oxygens (including phenoxy) is 2. The molecular formula is C17H21N7O2. The quantitative estimate of drug-likeness (QED) is 0.693. The summed E-state index contributed by atoms with van der Waals surface area (Å²) in [6.45, 7) is 3.92. The predicted molar refractivity (Wildman–Crippen MR) is 94.7 cm³/mol. The van der Waals surface area contributed by atoms with E-state index in [0.29, 0.717) is 22.9 Å². The first-order chi connectivity index (χ1) is 12.7. The highest BCUT2D eigenvalue weighted by Crippen LogP contribution is 2.25. The Kier molecular flexibility index (Phi) is 4.37. The van der Waals surface area contributed by atoms with Gasteiger partial charge in [-0.1, -0.05) is 5.21 Å². The van der Waals surface area contributed by atoms with E-state index in [9.17, 15) is 0 Å². The number of hydrogen-bond acceptors (Lipinski definition) is 8. The van der Waals surface area contributed by atoms with Crippen molar-refractivity contribution in [2.75, 3.05) is 27.2 Å². The minimum Gasteiger partial charge on any atom is -0.481 e. The second kappa shape index (κ2) is 6.83. The van der Waals surface area contributed by atoms with Crippen molar-refractivity contribution in [2.24, 2.45) is 0 Å². The molecule has 0 radical (unpaired) electrons. The van der Waals surface area contributed by atoms with Crippen LogP contribution in [-0.2, 0) is 0 Å². The third kappa shape index (κ3) is 3.05. The first kappa shape index (κ1) is 16.6. The Balaban J connectivity index is 1.67. The highest BCUT2D eigenvalue weighted by atomic mass is 16.5. The summed E-state index contributed by atoms with van der Waals surface area (Å²) in [4.78, 5) is 15.3. The van der Waals surface area contributed by atoms with Gasteiger partial charge >= 0.3 is 0 Å². The van der Waals surface area contributed by atoms with Crippen LogP contribution in [0.2, 0.25) is 0 Å². The lowest BCUT2D eigenvalue weighted by molar-refractivity contribution is 0.111. The van der Waals surface area contributed by atoms with Crippen molar-refractivity contribution in [1.82, 2.24) is 34.8 Å². The van der Waals surface area contributed by atoms with Gasteiger partial charge < -0.3 is 14.4 Å². The van der Waals surface area contributed by atoms with Crippen LogP contribution in [-0.4, -0.2) is 68.2 Å². The molecule has 4 heterocycles. The average Bonchev–Trinajstić information content (AvgIpc) is 3.08. The molecule has 0 unspecified atom stereocenters. The lowest BCUT2D eigenvalue weighted by Crippen LogP contribution is -2.35. The SMILES string of the molecule is COc1ccc(-n2nnc3c(OC4CCN(C)CC4)ncnc32)c(C)n1. The van der Waals surface area contributed by atoms with E-state index in [1.165, 1.54) is 6.33 Å². The van der Waals surface area contributed by atoms with Crippen LogP contribution in [0.1, 0.15) is 18.5 Å². The minimum absolute atomic E-state index is 0.138. The maximum Gasteiger partial charge on any atom is 0.247 e. The van der Waals surface area contributed by atoms with Crippen LogP contribution >= 0.6 is 0 Å².